The number of benzene rings is 1. The molecule has 1 N–H and O–H groups in total. The molecular weight excluding hydrogens is 261 g/mol. The minimum absolute atomic E-state index is 0.147. The molecule has 0 spiro atoms. The van der Waals surface area contributed by atoms with Crippen LogP contribution in [0.1, 0.15) is 27.2 Å². The highest BCUT2D eigenvalue weighted by Crippen LogP contribution is 2.32. The topological polar surface area (TPSA) is 57.6 Å². The van der Waals surface area contributed by atoms with Crippen LogP contribution in [0.5, 0.6) is 0 Å². The number of nitrogens with zero attached hydrogens (tertiary/aromatic N) is 1. The highest BCUT2D eigenvalue weighted by Gasteiger charge is 2.39. The lowest BCUT2D eigenvalue weighted by atomic mass is 9.76. The van der Waals surface area contributed by atoms with E-state index in [1.54, 1.807) is 19.9 Å². The molecule has 0 aliphatic heterocycles. The van der Waals surface area contributed by atoms with Crippen LogP contribution in [0.25, 0.3) is 0 Å². The van der Waals surface area contributed by atoms with Crippen LogP contribution in [-0.4, -0.2) is 24.0 Å². The third-order valence-corrected chi connectivity index (χ3v) is 3.87. The lowest BCUT2D eigenvalue weighted by Gasteiger charge is -2.30. The van der Waals surface area contributed by atoms with Crippen molar-refractivity contribution in [2.45, 2.75) is 27.2 Å². The summed E-state index contributed by atoms with van der Waals surface area (Å²) in [6, 6.07) is 5.91. The van der Waals surface area contributed by atoms with Gasteiger partial charge in [-0.3, -0.25) is 9.59 Å². The Balaban J connectivity index is 2.96. The maximum Gasteiger partial charge on any atom is 0.310 e. The largest absolute Gasteiger partial charge is 0.481 e. The van der Waals surface area contributed by atoms with Gasteiger partial charge in [-0.25, -0.2) is 4.39 Å². The van der Waals surface area contributed by atoms with Crippen molar-refractivity contribution >= 4 is 17.6 Å². The summed E-state index contributed by atoms with van der Waals surface area (Å²) in [5, 5.41) is 9.31. The molecule has 0 heterocycles. The number of hydrogen-bond donors (Lipinski definition) is 1. The molecule has 1 rings (SSSR count). The molecule has 1 unspecified atom stereocenters. The summed E-state index contributed by atoms with van der Waals surface area (Å²) in [5.74, 6) is -2.17. The van der Waals surface area contributed by atoms with E-state index in [-0.39, 0.29) is 18.0 Å². The van der Waals surface area contributed by atoms with Crippen LogP contribution < -0.4 is 4.90 Å². The Hall–Kier alpha value is -1.91. The second-order valence-electron chi connectivity index (χ2n) is 5.46. The standard InChI is InChI=1S/C15H20FNO3/c1-10(2)15(3,14(19)20)9-13(18)17(4)12-8-6-5-7-11(12)16/h5-8,10H,9H2,1-4H3,(H,19,20). The van der Waals surface area contributed by atoms with Gasteiger partial charge in [0.1, 0.15) is 5.82 Å². The lowest BCUT2D eigenvalue weighted by Crippen LogP contribution is -2.40. The first kappa shape index (κ1) is 16.1. The van der Waals surface area contributed by atoms with Crippen LogP contribution in [0.2, 0.25) is 0 Å². The normalized spacial score (nSPS) is 13.9. The lowest BCUT2D eigenvalue weighted by molar-refractivity contribution is -0.153. The summed E-state index contributed by atoms with van der Waals surface area (Å²) < 4.78 is 13.6. The molecular formula is C15H20FNO3. The monoisotopic (exact) mass is 281 g/mol. The van der Waals surface area contributed by atoms with E-state index in [9.17, 15) is 19.1 Å². The fourth-order valence-corrected chi connectivity index (χ4v) is 1.82. The Morgan fingerprint density at radius 1 is 1.35 bits per heavy atom. The average Bonchev–Trinajstić information content (AvgIpc) is 2.37. The molecule has 1 aromatic carbocycles. The molecule has 0 saturated heterocycles. The maximum absolute atomic E-state index is 13.6. The molecule has 0 bridgehead atoms. The van der Waals surface area contributed by atoms with Gasteiger partial charge in [0.05, 0.1) is 11.1 Å². The first-order valence-corrected chi connectivity index (χ1v) is 6.44. The van der Waals surface area contributed by atoms with Crippen LogP contribution in [0.3, 0.4) is 0 Å². The van der Waals surface area contributed by atoms with Crippen molar-refractivity contribution < 1.29 is 19.1 Å². The van der Waals surface area contributed by atoms with E-state index < -0.39 is 23.1 Å². The Kier molecular flexibility index (Phi) is 4.87. The highest BCUT2D eigenvalue weighted by molar-refractivity contribution is 5.96. The number of carboxylic acids is 1. The van der Waals surface area contributed by atoms with Crippen LogP contribution in [0, 0.1) is 17.2 Å². The summed E-state index contributed by atoms with van der Waals surface area (Å²) in [6.07, 6.45) is -0.176. The van der Waals surface area contributed by atoms with Crippen molar-refractivity contribution in [1.29, 1.82) is 0 Å². The van der Waals surface area contributed by atoms with Crippen LogP contribution in [0.4, 0.5) is 10.1 Å². The van der Waals surface area contributed by atoms with E-state index in [2.05, 4.69) is 0 Å². The van der Waals surface area contributed by atoms with Crippen LogP contribution in [-0.2, 0) is 9.59 Å². The average molecular weight is 281 g/mol. The van der Waals surface area contributed by atoms with Gasteiger partial charge in [0, 0.05) is 13.5 Å². The Morgan fingerprint density at radius 2 is 1.90 bits per heavy atom. The van der Waals surface area contributed by atoms with Gasteiger partial charge >= 0.3 is 5.97 Å². The van der Waals surface area contributed by atoms with Gasteiger partial charge in [0.25, 0.3) is 0 Å². The number of anilines is 1. The number of aliphatic carboxylic acids is 1. The van der Waals surface area contributed by atoms with E-state index in [0.29, 0.717) is 0 Å². The van der Waals surface area contributed by atoms with Gasteiger partial charge in [-0.15, -0.1) is 0 Å². The minimum Gasteiger partial charge on any atom is -0.481 e. The number of carbonyl (C=O) groups is 2. The summed E-state index contributed by atoms with van der Waals surface area (Å²) in [5.41, 5.74) is -1.02. The number of carbonyl (C=O) groups excluding carboxylic acids is 1. The van der Waals surface area contributed by atoms with Crippen molar-refractivity contribution in [3.05, 3.63) is 30.1 Å². The van der Waals surface area contributed by atoms with E-state index in [4.69, 9.17) is 0 Å². The fraction of sp³-hybridized carbons (Fsp3) is 0.467. The molecule has 5 heteroatoms. The molecule has 0 aliphatic rings. The van der Waals surface area contributed by atoms with E-state index >= 15 is 0 Å². The van der Waals surface area contributed by atoms with Gasteiger partial charge in [0.2, 0.25) is 5.91 Å². The number of rotatable bonds is 5. The molecule has 1 aromatic rings. The third kappa shape index (κ3) is 3.15. The van der Waals surface area contributed by atoms with Crippen molar-refractivity contribution in [3.8, 4) is 0 Å². The van der Waals surface area contributed by atoms with Crippen molar-refractivity contribution in [1.82, 2.24) is 0 Å². The molecule has 0 radical (unpaired) electrons. The van der Waals surface area contributed by atoms with Crippen LogP contribution >= 0.6 is 0 Å². The van der Waals surface area contributed by atoms with Gasteiger partial charge in [0.15, 0.2) is 0 Å². The Bertz CT molecular complexity index is 516. The predicted octanol–water partition coefficient (Wildman–Crippen LogP) is 2.93. The van der Waals surface area contributed by atoms with E-state index in [1.165, 1.54) is 37.1 Å². The number of hydrogen-bond acceptors (Lipinski definition) is 2. The van der Waals surface area contributed by atoms with Crippen molar-refractivity contribution in [2.24, 2.45) is 11.3 Å². The van der Waals surface area contributed by atoms with Crippen molar-refractivity contribution in [2.75, 3.05) is 11.9 Å². The first-order chi connectivity index (χ1) is 9.20. The number of carboxylic acid groups (broad SMARTS) is 1. The second-order valence-corrected chi connectivity index (χ2v) is 5.46. The fourth-order valence-electron chi connectivity index (χ4n) is 1.82. The molecule has 1 amide bonds. The van der Waals surface area contributed by atoms with Gasteiger partial charge in [-0.1, -0.05) is 26.0 Å². The van der Waals surface area contributed by atoms with Gasteiger partial charge in [-0.2, -0.15) is 0 Å². The van der Waals surface area contributed by atoms with Gasteiger partial charge in [-0.05, 0) is 25.0 Å². The van der Waals surface area contributed by atoms with Crippen LogP contribution in [0.15, 0.2) is 24.3 Å². The smallest absolute Gasteiger partial charge is 0.310 e. The number of halogens is 1. The number of amides is 1. The quantitative estimate of drug-likeness (QED) is 0.902. The zero-order valence-electron chi connectivity index (χ0n) is 12.2. The highest BCUT2D eigenvalue weighted by atomic mass is 19.1. The SMILES string of the molecule is CC(C)C(C)(CC(=O)N(C)c1ccccc1F)C(=O)O. The molecule has 20 heavy (non-hydrogen) atoms. The van der Waals surface area contributed by atoms with E-state index in [0.717, 1.165) is 0 Å². The van der Waals surface area contributed by atoms with E-state index in [1.807, 2.05) is 0 Å². The first-order valence-electron chi connectivity index (χ1n) is 6.44. The summed E-state index contributed by atoms with van der Waals surface area (Å²) >= 11 is 0. The Labute approximate surface area is 118 Å². The van der Waals surface area contributed by atoms with Gasteiger partial charge < -0.3 is 10.0 Å². The zero-order valence-corrected chi connectivity index (χ0v) is 12.2. The van der Waals surface area contributed by atoms with Crippen molar-refractivity contribution in [3.63, 3.8) is 0 Å². The summed E-state index contributed by atoms with van der Waals surface area (Å²) in [7, 11) is 1.45. The number of para-hydroxylation sites is 1. The predicted molar refractivity (Wildman–Crippen MR) is 75.0 cm³/mol. The molecule has 4 nitrogen and oxygen atoms in total. The molecule has 0 saturated carbocycles. The summed E-state index contributed by atoms with van der Waals surface area (Å²) in [6.45, 7) is 5.04. The Morgan fingerprint density at radius 3 is 2.35 bits per heavy atom. The second kappa shape index (κ2) is 6.03. The molecule has 0 fully saturated rings. The molecule has 0 aliphatic carbocycles. The summed E-state index contributed by atoms with van der Waals surface area (Å²) in [4.78, 5) is 24.8. The zero-order chi connectivity index (χ0) is 15.5. The molecule has 0 aromatic heterocycles. The minimum atomic E-state index is -1.17. The third-order valence-electron chi connectivity index (χ3n) is 3.87. The molecule has 1 atom stereocenters. The maximum atomic E-state index is 13.6. The molecule has 110 valence electrons.